The zero-order valence-electron chi connectivity index (χ0n) is 15.1. The predicted molar refractivity (Wildman–Crippen MR) is 94.5 cm³/mol. The number of hydrogen-bond acceptors (Lipinski definition) is 3. The van der Waals surface area contributed by atoms with E-state index < -0.39 is 0 Å². The number of anilines is 1. The molecule has 1 fully saturated rings. The molecule has 1 heterocycles. The Morgan fingerprint density at radius 1 is 1.08 bits per heavy atom. The average molecular weight is 337 g/mol. The molecule has 2 amide bonds. The summed E-state index contributed by atoms with van der Waals surface area (Å²) >= 11 is 0. The highest BCUT2D eigenvalue weighted by molar-refractivity contribution is 5.94. The molecule has 0 spiro atoms. The molecule has 2 rings (SSSR count). The third-order valence-corrected chi connectivity index (χ3v) is 3.93. The van der Waals surface area contributed by atoms with Crippen LogP contribution in [0.1, 0.15) is 27.7 Å². The SMILES string of the molecule is CC.CCN(C(=O)CN1CCN(C(C)=O)CC1)c1ccc(F)cc1. The second kappa shape index (κ2) is 10.0. The zero-order chi connectivity index (χ0) is 18.1. The zero-order valence-corrected chi connectivity index (χ0v) is 15.1. The van der Waals surface area contributed by atoms with Crippen LogP contribution in [0.15, 0.2) is 24.3 Å². The Labute approximate surface area is 144 Å². The molecule has 1 saturated heterocycles. The maximum atomic E-state index is 13.0. The monoisotopic (exact) mass is 337 g/mol. The average Bonchev–Trinajstić information content (AvgIpc) is 2.59. The molecule has 134 valence electrons. The van der Waals surface area contributed by atoms with Gasteiger partial charge in [0, 0.05) is 45.3 Å². The van der Waals surface area contributed by atoms with Crippen LogP contribution >= 0.6 is 0 Å². The van der Waals surface area contributed by atoms with E-state index in [1.807, 2.05) is 25.7 Å². The van der Waals surface area contributed by atoms with Crippen LogP contribution < -0.4 is 4.90 Å². The number of rotatable bonds is 4. The van der Waals surface area contributed by atoms with Crippen LogP contribution in [0.25, 0.3) is 0 Å². The third kappa shape index (κ3) is 5.60. The van der Waals surface area contributed by atoms with Crippen molar-refractivity contribution in [3.63, 3.8) is 0 Å². The molecule has 0 unspecified atom stereocenters. The lowest BCUT2D eigenvalue weighted by molar-refractivity contribution is -0.130. The number of likely N-dealkylation sites (N-methyl/N-ethyl adjacent to an activating group) is 1. The first kappa shape index (κ1) is 20.1. The molecule has 1 aromatic carbocycles. The maximum Gasteiger partial charge on any atom is 0.241 e. The van der Waals surface area contributed by atoms with Crippen molar-refractivity contribution in [2.75, 3.05) is 44.2 Å². The summed E-state index contributed by atoms with van der Waals surface area (Å²) in [4.78, 5) is 29.2. The summed E-state index contributed by atoms with van der Waals surface area (Å²) in [5.41, 5.74) is 0.705. The van der Waals surface area contributed by atoms with E-state index in [1.54, 1.807) is 28.9 Å². The van der Waals surface area contributed by atoms with Crippen LogP contribution in [-0.4, -0.2) is 60.9 Å². The van der Waals surface area contributed by atoms with Gasteiger partial charge in [-0.25, -0.2) is 4.39 Å². The van der Waals surface area contributed by atoms with Crippen LogP contribution in [-0.2, 0) is 9.59 Å². The van der Waals surface area contributed by atoms with Crippen LogP contribution in [0.4, 0.5) is 10.1 Å². The van der Waals surface area contributed by atoms with Gasteiger partial charge in [0.15, 0.2) is 0 Å². The number of halogens is 1. The van der Waals surface area contributed by atoms with Crippen molar-refractivity contribution >= 4 is 17.5 Å². The van der Waals surface area contributed by atoms with Crippen molar-refractivity contribution < 1.29 is 14.0 Å². The first-order valence-corrected chi connectivity index (χ1v) is 8.55. The second-order valence-electron chi connectivity index (χ2n) is 5.40. The smallest absolute Gasteiger partial charge is 0.241 e. The number of nitrogens with zero attached hydrogens (tertiary/aromatic N) is 3. The molecular weight excluding hydrogens is 309 g/mol. The van der Waals surface area contributed by atoms with Crippen molar-refractivity contribution in [2.24, 2.45) is 0 Å². The molecule has 0 atom stereocenters. The highest BCUT2D eigenvalue weighted by atomic mass is 19.1. The van der Waals surface area contributed by atoms with Crippen LogP contribution in [0.2, 0.25) is 0 Å². The normalized spacial score (nSPS) is 14.6. The Balaban J connectivity index is 0.00000139. The van der Waals surface area contributed by atoms with Gasteiger partial charge in [0.05, 0.1) is 6.54 Å². The first-order chi connectivity index (χ1) is 11.5. The number of piperazine rings is 1. The van der Waals surface area contributed by atoms with Crippen LogP contribution in [0, 0.1) is 5.82 Å². The highest BCUT2D eigenvalue weighted by Crippen LogP contribution is 2.15. The van der Waals surface area contributed by atoms with Gasteiger partial charge in [-0.15, -0.1) is 0 Å². The fourth-order valence-corrected chi connectivity index (χ4v) is 2.62. The Hall–Kier alpha value is -1.95. The first-order valence-electron chi connectivity index (χ1n) is 8.55. The number of benzene rings is 1. The molecule has 5 nitrogen and oxygen atoms in total. The van der Waals surface area contributed by atoms with Gasteiger partial charge >= 0.3 is 0 Å². The molecule has 6 heteroatoms. The van der Waals surface area contributed by atoms with Gasteiger partial charge in [-0.3, -0.25) is 14.5 Å². The molecule has 0 N–H and O–H groups in total. The lowest BCUT2D eigenvalue weighted by atomic mass is 10.2. The minimum Gasteiger partial charge on any atom is -0.340 e. The highest BCUT2D eigenvalue weighted by Gasteiger charge is 2.22. The minimum absolute atomic E-state index is 0.00890. The fraction of sp³-hybridized carbons (Fsp3) is 0.556. The van der Waals surface area contributed by atoms with Gasteiger partial charge in [0.2, 0.25) is 11.8 Å². The van der Waals surface area contributed by atoms with E-state index in [9.17, 15) is 14.0 Å². The van der Waals surface area contributed by atoms with Gasteiger partial charge < -0.3 is 9.80 Å². The van der Waals surface area contributed by atoms with E-state index in [-0.39, 0.29) is 17.6 Å². The minimum atomic E-state index is -0.312. The Morgan fingerprint density at radius 2 is 1.62 bits per heavy atom. The number of amides is 2. The largest absolute Gasteiger partial charge is 0.340 e. The van der Waals surface area contributed by atoms with E-state index in [2.05, 4.69) is 0 Å². The summed E-state index contributed by atoms with van der Waals surface area (Å²) in [5, 5.41) is 0. The molecule has 0 bridgehead atoms. The summed E-state index contributed by atoms with van der Waals surface area (Å²) in [6.45, 7) is 11.0. The summed E-state index contributed by atoms with van der Waals surface area (Å²) in [6.07, 6.45) is 0. The standard InChI is InChI=1S/C16H22FN3O2.C2H6/c1-3-20(15-6-4-14(17)5-7-15)16(22)12-18-8-10-19(11-9-18)13(2)21;1-2/h4-7H,3,8-12H2,1-2H3;1-2H3. The maximum absolute atomic E-state index is 13.0. The van der Waals surface area contributed by atoms with E-state index in [0.29, 0.717) is 45.0 Å². The second-order valence-corrected chi connectivity index (χ2v) is 5.40. The van der Waals surface area contributed by atoms with Crippen molar-refractivity contribution in [2.45, 2.75) is 27.7 Å². The Kier molecular flexibility index (Phi) is 8.40. The van der Waals surface area contributed by atoms with E-state index in [4.69, 9.17) is 0 Å². The molecule has 0 aromatic heterocycles. The Morgan fingerprint density at radius 3 is 2.08 bits per heavy atom. The third-order valence-electron chi connectivity index (χ3n) is 3.93. The van der Waals surface area contributed by atoms with Gasteiger partial charge in [-0.1, -0.05) is 13.8 Å². The summed E-state index contributed by atoms with van der Waals surface area (Å²) in [6, 6.07) is 5.95. The van der Waals surface area contributed by atoms with Crippen molar-refractivity contribution in [1.29, 1.82) is 0 Å². The molecule has 24 heavy (non-hydrogen) atoms. The Bertz CT molecular complexity index is 526. The molecule has 0 saturated carbocycles. The summed E-state index contributed by atoms with van der Waals surface area (Å²) in [5.74, 6) is -0.245. The van der Waals surface area contributed by atoms with Gasteiger partial charge in [-0.2, -0.15) is 0 Å². The van der Waals surface area contributed by atoms with E-state index >= 15 is 0 Å². The molecule has 0 radical (unpaired) electrons. The number of hydrogen-bond donors (Lipinski definition) is 0. The quantitative estimate of drug-likeness (QED) is 0.847. The van der Waals surface area contributed by atoms with Gasteiger partial charge in [-0.05, 0) is 31.2 Å². The van der Waals surface area contributed by atoms with Gasteiger partial charge in [0.1, 0.15) is 5.82 Å². The molecular formula is C18H28FN3O2. The van der Waals surface area contributed by atoms with Crippen LogP contribution in [0.5, 0.6) is 0 Å². The number of carbonyl (C=O) groups excluding carboxylic acids is 2. The van der Waals surface area contributed by atoms with E-state index in [1.165, 1.54) is 12.1 Å². The molecule has 1 aromatic rings. The van der Waals surface area contributed by atoms with Gasteiger partial charge in [0.25, 0.3) is 0 Å². The van der Waals surface area contributed by atoms with Crippen LogP contribution in [0.3, 0.4) is 0 Å². The van der Waals surface area contributed by atoms with Crippen molar-refractivity contribution in [3.8, 4) is 0 Å². The predicted octanol–water partition coefficient (Wildman–Crippen LogP) is 2.37. The summed E-state index contributed by atoms with van der Waals surface area (Å²) in [7, 11) is 0. The molecule has 1 aliphatic heterocycles. The lowest BCUT2D eigenvalue weighted by Gasteiger charge is -2.34. The van der Waals surface area contributed by atoms with Crippen molar-refractivity contribution in [3.05, 3.63) is 30.1 Å². The topological polar surface area (TPSA) is 43.9 Å². The fourth-order valence-electron chi connectivity index (χ4n) is 2.62. The lowest BCUT2D eigenvalue weighted by Crippen LogP contribution is -2.51. The van der Waals surface area contributed by atoms with E-state index in [0.717, 1.165) is 0 Å². The number of carbonyl (C=O) groups is 2. The molecule has 1 aliphatic rings. The van der Waals surface area contributed by atoms with Crippen molar-refractivity contribution in [1.82, 2.24) is 9.80 Å². The summed E-state index contributed by atoms with van der Waals surface area (Å²) < 4.78 is 13.0. The molecule has 0 aliphatic carbocycles.